The Balaban J connectivity index is 1.58. The molecule has 144 valence electrons. The number of anilines is 2. The topological polar surface area (TPSA) is 54.0 Å². The number of amides is 1. The summed E-state index contributed by atoms with van der Waals surface area (Å²) in [6.45, 7) is 0.680. The van der Waals surface area contributed by atoms with Gasteiger partial charge in [-0.2, -0.15) is 0 Å². The minimum atomic E-state index is -1.63. The summed E-state index contributed by atoms with van der Waals surface area (Å²) >= 11 is 0. The minimum Gasteiger partial charge on any atom is -0.384 e. The molecule has 7 heteroatoms. The summed E-state index contributed by atoms with van der Waals surface area (Å²) in [5.74, 6) is -5.08. The van der Waals surface area contributed by atoms with Crippen molar-refractivity contribution in [2.24, 2.45) is 0 Å². The second kappa shape index (κ2) is 9.03. The fourth-order valence-corrected chi connectivity index (χ4v) is 2.65. The molecule has 0 saturated heterocycles. The number of pyridine rings is 1. The first-order valence-corrected chi connectivity index (χ1v) is 8.72. The predicted octanol–water partition coefficient (Wildman–Crippen LogP) is 4.80. The monoisotopic (exact) mass is 385 g/mol. The van der Waals surface area contributed by atoms with Gasteiger partial charge in [-0.15, -0.1) is 0 Å². The molecule has 0 aliphatic carbocycles. The highest BCUT2D eigenvalue weighted by atomic mass is 19.2. The quantitative estimate of drug-likeness (QED) is 0.454. The highest BCUT2D eigenvalue weighted by molar-refractivity contribution is 6.04. The second-order valence-corrected chi connectivity index (χ2v) is 6.16. The van der Waals surface area contributed by atoms with Gasteiger partial charge in [-0.05, 0) is 36.6 Å². The Morgan fingerprint density at radius 1 is 0.964 bits per heavy atom. The van der Waals surface area contributed by atoms with Crippen LogP contribution in [-0.2, 0) is 6.42 Å². The summed E-state index contributed by atoms with van der Waals surface area (Å²) in [6, 6.07) is 13.3. The normalized spacial score (nSPS) is 10.5. The van der Waals surface area contributed by atoms with Gasteiger partial charge in [-0.3, -0.25) is 9.78 Å². The summed E-state index contributed by atoms with van der Waals surface area (Å²) in [4.78, 5) is 16.3. The Kier molecular flexibility index (Phi) is 6.26. The highest BCUT2D eigenvalue weighted by Crippen LogP contribution is 2.20. The van der Waals surface area contributed by atoms with E-state index in [9.17, 15) is 18.0 Å². The van der Waals surface area contributed by atoms with E-state index in [0.717, 1.165) is 25.0 Å². The van der Waals surface area contributed by atoms with E-state index in [1.165, 1.54) is 11.8 Å². The largest absolute Gasteiger partial charge is 0.384 e. The third-order valence-corrected chi connectivity index (χ3v) is 4.10. The fraction of sp³-hybridized carbons (Fsp3) is 0.143. The molecule has 0 aliphatic rings. The van der Waals surface area contributed by atoms with E-state index in [4.69, 9.17) is 0 Å². The van der Waals surface area contributed by atoms with E-state index in [2.05, 4.69) is 27.8 Å². The Hall–Kier alpha value is -3.35. The lowest BCUT2D eigenvalue weighted by molar-refractivity contribution is 0.102. The number of nitrogens with zero attached hydrogens (tertiary/aromatic N) is 1. The summed E-state index contributed by atoms with van der Waals surface area (Å²) in [7, 11) is 0. The van der Waals surface area contributed by atoms with E-state index in [1.807, 2.05) is 18.2 Å². The molecule has 28 heavy (non-hydrogen) atoms. The molecule has 3 aromatic rings. The molecule has 0 atom stereocenters. The first-order valence-electron chi connectivity index (χ1n) is 8.72. The molecule has 0 unspecified atom stereocenters. The van der Waals surface area contributed by atoms with Crippen molar-refractivity contribution in [1.82, 2.24) is 4.98 Å². The van der Waals surface area contributed by atoms with Gasteiger partial charge in [0.25, 0.3) is 5.91 Å². The molecule has 0 aliphatic heterocycles. The third-order valence-electron chi connectivity index (χ3n) is 4.10. The van der Waals surface area contributed by atoms with E-state index in [1.54, 1.807) is 12.3 Å². The number of hydrogen-bond acceptors (Lipinski definition) is 3. The number of carbonyl (C=O) groups excluding carboxylic acids is 1. The van der Waals surface area contributed by atoms with Crippen LogP contribution in [0.15, 0.2) is 60.9 Å². The molecule has 0 fully saturated rings. The number of rotatable bonds is 7. The number of halogens is 3. The van der Waals surface area contributed by atoms with Crippen molar-refractivity contribution < 1.29 is 18.0 Å². The Bertz CT molecular complexity index is 964. The van der Waals surface area contributed by atoms with Gasteiger partial charge in [0.1, 0.15) is 0 Å². The van der Waals surface area contributed by atoms with Crippen molar-refractivity contribution in [3.05, 3.63) is 89.5 Å². The smallest absolute Gasteiger partial charge is 0.257 e. The van der Waals surface area contributed by atoms with Crippen molar-refractivity contribution in [1.29, 1.82) is 0 Å². The summed E-state index contributed by atoms with van der Waals surface area (Å²) in [5.41, 5.74) is 1.60. The molecule has 1 aromatic heterocycles. The lowest BCUT2D eigenvalue weighted by atomic mass is 10.1. The van der Waals surface area contributed by atoms with E-state index >= 15 is 0 Å². The van der Waals surface area contributed by atoms with Crippen LogP contribution >= 0.6 is 0 Å². The van der Waals surface area contributed by atoms with Crippen LogP contribution in [0, 0.1) is 17.5 Å². The van der Waals surface area contributed by atoms with Crippen LogP contribution in [0.3, 0.4) is 0 Å². The van der Waals surface area contributed by atoms with Gasteiger partial charge >= 0.3 is 0 Å². The van der Waals surface area contributed by atoms with Crippen LogP contribution in [0.5, 0.6) is 0 Å². The minimum absolute atomic E-state index is 0.164. The molecule has 4 nitrogen and oxygen atoms in total. The summed E-state index contributed by atoms with van der Waals surface area (Å²) < 4.78 is 40.0. The lowest BCUT2D eigenvalue weighted by Gasteiger charge is -2.10. The maximum atomic E-state index is 13.7. The second-order valence-electron chi connectivity index (χ2n) is 6.16. The van der Waals surface area contributed by atoms with Gasteiger partial charge < -0.3 is 10.6 Å². The SMILES string of the molecule is O=C(Nc1ccc(F)c(F)c1F)c1cncc(NCCCc2ccccc2)c1. The van der Waals surface area contributed by atoms with Crippen molar-refractivity contribution >= 4 is 17.3 Å². The van der Waals surface area contributed by atoms with Gasteiger partial charge in [0.2, 0.25) is 0 Å². The standard InChI is InChI=1S/C21H18F3N3O/c22-17-8-9-18(20(24)19(17)23)27-21(28)15-11-16(13-25-12-15)26-10-4-7-14-5-2-1-3-6-14/h1-3,5-6,8-9,11-13,26H,4,7,10H2,(H,27,28). The molecule has 0 spiro atoms. The van der Waals surface area contributed by atoms with E-state index in [0.29, 0.717) is 12.2 Å². The average Bonchev–Trinajstić information content (AvgIpc) is 2.72. The van der Waals surface area contributed by atoms with Crippen LogP contribution in [0.25, 0.3) is 0 Å². The Morgan fingerprint density at radius 3 is 2.54 bits per heavy atom. The predicted molar refractivity (Wildman–Crippen MR) is 102 cm³/mol. The molecular formula is C21H18F3N3O. The lowest BCUT2D eigenvalue weighted by Crippen LogP contribution is -2.15. The number of nitrogens with one attached hydrogen (secondary N) is 2. The van der Waals surface area contributed by atoms with Crippen molar-refractivity contribution in [3.8, 4) is 0 Å². The van der Waals surface area contributed by atoms with Crippen LogP contribution in [0.4, 0.5) is 24.5 Å². The molecule has 2 N–H and O–H groups in total. The van der Waals surface area contributed by atoms with Crippen molar-refractivity contribution in [2.45, 2.75) is 12.8 Å². The van der Waals surface area contributed by atoms with Gasteiger partial charge in [0.15, 0.2) is 17.5 Å². The number of benzene rings is 2. The first kappa shape index (κ1) is 19.4. The van der Waals surface area contributed by atoms with Crippen LogP contribution in [0.1, 0.15) is 22.3 Å². The number of aromatic nitrogens is 1. The van der Waals surface area contributed by atoms with Crippen molar-refractivity contribution in [2.75, 3.05) is 17.2 Å². The fourth-order valence-electron chi connectivity index (χ4n) is 2.65. The Labute approximate surface area is 160 Å². The van der Waals surface area contributed by atoms with E-state index in [-0.39, 0.29) is 5.56 Å². The molecule has 1 heterocycles. The highest BCUT2D eigenvalue weighted by Gasteiger charge is 2.16. The van der Waals surface area contributed by atoms with Crippen LogP contribution in [-0.4, -0.2) is 17.4 Å². The van der Waals surface area contributed by atoms with Crippen LogP contribution < -0.4 is 10.6 Å². The molecular weight excluding hydrogens is 367 g/mol. The van der Waals surface area contributed by atoms with Gasteiger partial charge in [-0.25, -0.2) is 13.2 Å². The zero-order valence-electron chi connectivity index (χ0n) is 14.9. The van der Waals surface area contributed by atoms with E-state index < -0.39 is 29.0 Å². The third kappa shape index (κ3) is 4.88. The zero-order valence-corrected chi connectivity index (χ0v) is 14.9. The maximum absolute atomic E-state index is 13.7. The zero-order chi connectivity index (χ0) is 19.9. The number of carbonyl (C=O) groups is 1. The summed E-state index contributed by atoms with van der Waals surface area (Å²) in [5, 5.41) is 5.40. The van der Waals surface area contributed by atoms with Gasteiger partial charge in [0.05, 0.1) is 16.9 Å². The molecule has 0 bridgehead atoms. The molecule has 2 aromatic carbocycles. The van der Waals surface area contributed by atoms with Gasteiger partial charge in [0, 0.05) is 18.9 Å². The number of aryl methyl sites for hydroxylation is 1. The number of hydrogen-bond donors (Lipinski definition) is 2. The maximum Gasteiger partial charge on any atom is 0.257 e. The first-order chi connectivity index (χ1) is 13.5. The van der Waals surface area contributed by atoms with Crippen molar-refractivity contribution in [3.63, 3.8) is 0 Å². The Morgan fingerprint density at radius 2 is 1.75 bits per heavy atom. The van der Waals surface area contributed by atoms with Crippen LogP contribution in [0.2, 0.25) is 0 Å². The summed E-state index contributed by atoms with van der Waals surface area (Å²) in [6.07, 6.45) is 4.68. The average molecular weight is 385 g/mol. The molecule has 3 rings (SSSR count). The molecule has 0 saturated carbocycles. The molecule has 0 radical (unpaired) electrons. The molecule has 1 amide bonds. The van der Waals surface area contributed by atoms with Gasteiger partial charge in [-0.1, -0.05) is 30.3 Å².